The fourth-order valence-electron chi connectivity index (χ4n) is 4.58. The second-order valence-electron chi connectivity index (χ2n) is 8.65. The van der Waals surface area contributed by atoms with E-state index in [1.54, 1.807) is 18.3 Å². The number of thiocarbonyl (C=S) groups is 1. The Bertz CT molecular complexity index is 1490. The summed E-state index contributed by atoms with van der Waals surface area (Å²) in [7, 11) is -3.38. The second kappa shape index (κ2) is 10.2. The Morgan fingerprint density at radius 1 is 1.00 bits per heavy atom. The van der Waals surface area contributed by atoms with Crippen molar-refractivity contribution in [1.29, 1.82) is 0 Å². The molecule has 0 unspecified atom stereocenters. The molecule has 8 nitrogen and oxygen atoms in total. The highest BCUT2D eigenvalue weighted by atomic mass is 32.2. The van der Waals surface area contributed by atoms with Crippen molar-refractivity contribution >= 4 is 38.7 Å². The molecule has 10 heteroatoms. The molecule has 2 N–H and O–H groups in total. The number of nitrogens with one attached hydrogen (secondary N) is 2. The van der Waals surface area contributed by atoms with Gasteiger partial charge in [-0.2, -0.15) is 0 Å². The molecule has 2 aromatic heterocycles. The Hall–Kier alpha value is -3.89. The van der Waals surface area contributed by atoms with E-state index in [-0.39, 0.29) is 12.1 Å². The zero-order chi connectivity index (χ0) is 26.0. The van der Waals surface area contributed by atoms with E-state index in [0.717, 1.165) is 34.8 Å². The monoisotopic (exact) mass is 533 g/mol. The molecule has 0 aliphatic carbocycles. The maximum absolute atomic E-state index is 11.7. The molecule has 3 heterocycles. The molecule has 2 atom stereocenters. The highest BCUT2D eigenvalue weighted by molar-refractivity contribution is 7.92. The standard InChI is InChI=1S/C27H27N5O3S2/c1-3-35-22-15-13-20(14-16-22)31-18-6-8-24(31)26-25(23-7-4-5-17-28-23)29-27(36)32(26)21-11-9-19(10-12-21)30-37(2,33)34/h4-18,25-26,30H,3H2,1-2H3,(H,29,36)/t25-,26+/m0/s1. The second-order valence-corrected chi connectivity index (χ2v) is 10.8. The van der Waals surface area contributed by atoms with Gasteiger partial charge in [-0.1, -0.05) is 6.07 Å². The summed E-state index contributed by atoms with van der Waals surface area (Å²) in [5.41, 5.74) is 4.20. The van der Waals surface area contributed by atoms with Crippen LogP contribution in [0.2, 0.25) is 0 Å². The van der Waals surface area contributed by atoms with Gasteiger partial charge in [-0.05, 0) is 91.9 Å². The van der Waals surface area contributed by atoms with Crippen molar-refractivity contribution in [3.05, 3.63) is 103 Å². The van der Waals surface area contributed by atoms with Gasteiger partial charge in [-0.3, -0.25) is 9.71 Å². The Morgan fingerprint density at radius 2 is 1.73 bits per heavy atom. The third-order valence-corrected chi connectivity index (χ3v) is 6.98. The first-order chi connectivity index (χ1) is 17.8. The summed E-state index contributed by atoms with van der Waals surface area (Å²) in [4.78, 5) is 6.68. The summed E-state index contributed by atoms with van der Waals surface area (Å²) in [6.07, 6.45) is 4.93. The molecule has 1 aliphatic rings. The maximum atomic E-state index is 11.7. The number of anilines is 2. The predicted octanol–water partition coefficient (Wildman–Crippen LogP) is 4.82. The number of hydrogen-bond acceptors (Lipinski definition) is 5. The summed E-state index contributed by atoms with van der Waals surface area (Å²) in [6.45, 7) is 2.57. The van der Waals surface area contributed by atoms with Gasteiger partial charge in [0.2, 0.25) is 10.0 Å². The molecule has 0 amide bonds. The van der Waals surface area contributed by atoms with Crippen LogP contribution < -0.4 is 19.7 Å². The summed E-state index contributed by atoms with van der Waals surface area (Å²) in [5, 5.41) is 4.02. The zero-order valence-corrected chi connectivity index (χ0v) is 22.0. The molecular weight excluding hydrogens is 506 g/mol. The Labute approximate surface area is 222 Å². The van der Waals surface area contributed by atoms with Gasteiger partial charge in [-0.25, -0.2) is 8.42 Å². The van der Waals surface area contributed by atoms with Crippen molar-refractivity contribution < 1.29 is 13.2 Å². The van der Waals surface area contributed by atoms with Crippen LogP contribution in [0.25, 0.3) is 5.69 Å². The minimum Gasteiger partial charge on any atom is -0.494 e. The highest BCUT2D eigenvalue weighted by Crippen LogP contribution is 2.42. The first-order valence-electron chi connectivity index (χ1n) is 11.8. The van der Waals surface area contributed by atoms with Crippen LogP contribution in [-0.2, 0) is 10.0 Å². The number of rotatable bonds is 8. The molecule has 1 aliphatic heterocycles. The smallest absolute Gasteiger partial charge is 0.229 e. The summed E-state index contributed by atoms with van der Waals surface area (Å²) >= 11 is 5.83. The Balaban J connectivity index is 1.57. The molecule has 0 spiro atoms. The van der Waals surface area contributed by atoms with E-state index >= 15 is 0 Å². The lowest BCUT2D eigenvalue weighted by Crippen LogP contribution is -2.30. The Kier molecular flexibility index (Phi) is 6.86. The van der Waals surface area contributed by atoms with Crippen molar-refractivity contribution in [2.75, 3.05) is 22.5 Å². The van der Waals surface area contributed by atoms with Crippen LogP contribution in [0.5, 0.6) is 5.75 Å². The van der Waals surface area contributed by atoms with Gasteiger partial charge in [0.1, 0.15) is 11.8 Å². The van der Waals surface area contributed by atoms with Crippen molar-refractivity contribution in [2.45, 2.75) is 19.0 Å². The van der Waals surface area contributed by atoms with E-state index in [0.29, 0.717) is 17.4 Å². The number of sulfonamides is 1. The van der Waals surface area contributed by atoms with E-state index in [1.165, 1.54) is 0 Å². The van der Waals surface area contributed by atoms with Gasteiger partial charge in [-0.15, -0.1) is 0 Å². The third-order valence-electron chi connectivity index (χ3n) is 6.06. The fourth-order valence-corrected chi connectivity index (χ4v) is 5.49. The van der Waals surface area contributed by atoms with Gasteiger partial charge >= 0.3 is 0 Å². The number of aromatic nitrogens is 2. The van der Waals surface area contributed by atoms with Gasteiger partial charge in [0.15, 0.2) is 5.11 Å². The minimum absolute atomic E-state index is 0.209. The molecule has 0 radical (unpaired) electrons. The quantitative estimate of drug-likeness (QED) is 0.314. The van der Waals surface area contributed by atoms with Crippen LogP contribution in [0.15, 0.2) is 91.3 Å². The maximum Gasteiger partial charge on any atom is 0.229 e. The first kappa shape index (κ1) is 24.8. The lowest BCUT2D eigenvalue weighted by Gasteiger charge is -2.29. The normalized spacial score (nSPS) is 17.5. The summed E-state index contributed by atoms with van der Waals surface area (Å²) < 4.78 is 33.6. The molecule has 37 heavy (non-hydrogen) atoms. The van der Waals surface area contributed by atoms with E-state index in [9.17, 15) is 8.42 Å². The molecular formula is C27H27N5O3S2. The van der Waals surface area contributed by atoms with Crippen LogP contribution in [0.3, 0.4) is 0 Å². The van der Waals surface area contributed by atoms with Gasteiger partial charge < -0.3 is 19.5 Å². The van der Waals surface area contributed by atoms with Crippen molar-refractivity contribution in [3.63, 3.8) is 0 Å². The van der Waals surface area contributed by atoms with E-state index < -0.39 is 10.0 Å². The van der Waals surface area contributed by atoms with Crippen LogP contribution in [-0.4, -0.2) is 35.9 Å². The number of benzene rings is 2. The lowest BCUT2D eigenvalue weighted by molar-refractivity contribution is 0.340. The van der Waals surface area contributed by atoms with Crippen LogP contribution in [0.1, 0.15) is 30.4 Å². The van der Waals surface area contributed by atoms with E-state index in [1.807, 2.05) is 73.8 Å². The summed E-state index contributed by atoms with van der Waals surface area (Å²) in [5.74, 6) is 0.819. The third kappa shape index (κ3) is 5.30. The minimum atomic E-state index is -3.38. The topological polar surface area (TPSA) is 88.5 Å². The van der Waals surface area contributed by atoms with Crippen LogP contribution in [0, 0.1) is 0 Å². The Morgan fingerprint density at radius 3 is 2.38 bits per heavy atom. The summed E-state index contributed by atoms with van der Waals surface area (Å²) in [6, 6.07) is 24.7. The first-order valence-corrected chi connectivity index (χ1v) is 14.1. The molecule has 5 rings (SSSR count). The molecule has 2 aromatic carbocycles. The molecule has 0 bridgehead atoms. The molecule has 0 saturated carbocycles. The fraction of sp³-hybridized carbons (Fsp3) is 0.185. The van der Waals surface area contributed by atoms with E-state index in [2.05, 4.69) is 30.6 Å². The zero-order valence-electron chi connectivity index (χ0n) is 20.4. The number of pyridine rings is 1. The number of nitrogens with zero attached hydrogens (tertiary/aromatic N) is 3. The predicted molar refractivity (Wildman–Crippen MR) is 150 cm³/mol. The number of ether oxygens (including phenoxy) is 1. The van der Waals surface area contributed by atoms with Crippen molar-refractivity contribution in [2.24, 2.45) is 0 Å². The van der Waals surface area contributed by atoms with Crippen LogP contribution in [0.4, 0.5) is 11.4 Å². The van der Waals surface area contributed by atoms with Gasteiger partial charge in [0.05, 0.1) is 24.6 Å². The molecule has 4 aromatic rings. The average molecular weight is 534 g/mol. The van der Waals surface area contributed by atoms with Crippen molar-refractivity contribution in [3.8, 4) is 11.4 Å². The average Bonchev–Trinajstić information content (AvgIpc) is 3.49. The SMILES string of the molecule is CCOc1ccc(-n2cccc2[C@@H]2[C@H](c3ccccn3)NC(=S)N2c2ccc(NS(C)(=O)=O)cc2)cc1. The number of hydrogen-bond donors (Lipinski definition) is 2. The van der Waals surface area contributed by atoms with Crippen LogP contribution >= 0.6 is 12.2 Å². The highest BCUT2D eigenvalue weighted by Gasteiger charge is 2.42. The lowest BCUT2D eigenvalue weighted by atomic mass is 10.0. The van der Waals surface area contributed by atoms with E-state index in [4.69, 9.17) is 17.0 Å². The van der Waals surface area contributed by atoms with Gasteiger partial charge in [0, 0.05) is 35.1 Å². The largest absolute Gasteiger partial charge is 0.494 e. The van der Waals surface area contributed by atoms with Crippen molar-refractivity contribution in [1.82, 2.24) is 14.9 Å². The molecule has 190 valence electrons. The van der Waals surface area contributed by atoms with Gasteiger partial charge in [0.25, 0.3) is 0 Å². The molecule has 1 fully saturated rings. The molecule has 1 saturated heterocycles.